The Kier molecular flexibility index (Phi) is 42.7. The number of nitrogens with one attached hydrogen (secondary N) is 1. The van der Waals surface area contributed by atoms with Gasteiger partial charge < -0.3 is 20.3 Å². The van der Waals surface area contributed by atoms with Crippen molar-refractivity contribution in [3.63, 3.8) is 0 Å². The van der Waals surface area contributed by atoms with Gasteiger partial charge in [0, 0.05) is 12.8 Å². The molecular formula is C48H91NO5. The van der Waals surface area contributed by atoms with Crippen LogP contribution in [0.2, 0.25) is 0 Å². The third-order valence-electron chi connectivity index (χ3n) is 10.7. The zero-order chi connectivity index (χ0) is 39.4. The second-order valence-electron chi connectivity index (χ2n) is 16.1. The van der Waals surface area contributed by atoms with Gasteiger partial charge in [-0.05, 0) is 57.8 Å². The third-order valence-corrected chi connectivity index (χ3v) is 10.7. The number of aliphatic hydroxyl groups is 2. The first-order valence-corrected chi connectivity index (χ1v) is 23.6. The van der Waals surface area contributed by atoms with Crippen molar-refractivity contribution in [3.05, 3.63) is 24.3 Å². The summed E-state index contributed by atoms with van der Waals surface area (Å²) in [5.41, 5.74) is 0. The molecule has 0 rings (SSSR count). The van der Waals surface area contributed by atoms with Crippen LogP contribution < -0.4 is 5.32 Å². The van der Waals surface area contributed by atoms with Crippen LogP contribution >= 0.6 is 0 Å². The van der Waals surface area contributed by atoms with Crippen molar-refractivity contribution in [2.24, 2.45) is 0 Å². The summed E-state index contributed by atoms with van der Waals surface area (Å²) in [6.45, 7) is 4.80. The fraction of sp³-hybridized carbons (Fsp3) is 0.875. The van der Waals surface area contributed by atoms with E-state index in [1.165, 1.54) is 161 Å². The van der Waals surface area contributed by atoms with Crippen molar-refractivity contribution >= 4 is 11.9 Å². The van der Waals surface area contributed by atoms with Gasteiger partial charge in [0.05, 0.1) is 25.4 Å². The highest BCUT2D eigenvalue weighted by atomic mass is 16.5. The molecule has 0 saturated heterocycles. The van der Waals surface area contributed by atoms with Gasteiger partial charge >= 0.3 is 5.97 Å². The van der Waals surface area contributed by atoms with Crippen LogP contribution in [-0.2, 0) is 14.3 Å². The van der Waals surface area contributed by atoms with Gasteiger partial charge in [0.25, 0.3) is 0 Å². The predicted octanol–water partition coefficient (Wildman–Crippen LogP) is 13.6. The quantitative estimate of drug-likeness (QED) is 0.0327. The molecule has 0 aromatic carbocycles. The number of carbonyl (C=O) groups excluding carboxylic acids is 2. The van der Waals surface area contributed by atoms with Crippen LogP contribution in [0, 0.1) is 0 Å². The first kappa shape index (κ1) is 52.3. The summed E-state index contributed by atoms with van der Waals surface area (Å²) >= 11 is 0. The molecule has 0 aliphatic rings. The van der Waals surface area contributed by atoms with Crippen LogP contribution in [-0.4, -0.2) is 47.4 Å². The van der Waals surface area contributed by atoms with E-state index in [-0.39, 0.29) is 18.5 Å². The number of rotatable bonds is 43. The number of allylic oxidation sites excluding steroid dienone is 3. The molecule has 0 radical (unpaired) electrons. The van der Waals surface area contributed by atoms with E-state index in [9.17, 15) is 19.8 Å². The Morgan fingerprint density at radius 2 is 0.870 bits per heavy atom. The molecule has 2 atom stereocenters. The number of esters is 1. The van der Waals surface area contributed by atoms with Crippen LogP contribution in [0.1, 0.15) is 245 Å². The molecule has 2 unspecified atom stereocenters. The van der Waals surface area contributed by atoms with Crippen LogP contribution in [0.4, 0.5) is 0 Å². The molecule has 3 N–H and O–H groups in total. The van der Waals surface area contributed by atoms with Gasteiger partial charge in [-0.25, -0.2) is 0 Å². The molecule has 0 heterocycles. The highest BCUT2D eigenvalue weighted by molar-refractivity contribution is 5.76. The van der Waals surface area contributed by atoms with Crippen molar-refractivity contribution in [2.75, 3.05) is 13.2 Å². The van der Waals surface area contributed by atoms with Crippen molar-refractivity contribution < 1.29 is 24.5 Å². The standard InChI is InChI=1S/C48H91NO5/c1-3-5-7-9-11-13-15-17-18-19-20-21-24-28-32-36-40-46(51)45(44-50)49-47(52)41-37-33-29-25-23-27-31-35-39-43-54-48(53)42-38-34-30-26-22-16-14-12-10-8-6-4-2/h12,14,36,40,45-46,50-51H,3-11,13,15-35,37-39,41-44H2,1-2H3,(H,49,52)/b14-12-,40-36+. The van der Waals surface area contributed by atoms with Gasteiger partial charge in [-0.3, -0.25) is 9.59 Å². The lowest BCUT2D eigenvalue weighted by molar-refractivity contribution is -0.143. The Hall–Kier alpha value is -1.66. The summed E-state index contributed by atoms with van der Waals surface area (Å²) in [5.74, 6) is -0.134. The minimum atomic E-state index is -0.861. The largest absolute Gasteiger partial charge is 0.466 e. The lowest BCUT2D eigenvalue weighted by Crippen LogP contribution is -2.45. The van der Waals surface area contributed by atoms with Crippen molar-refractivity contribution in [3.8, 4) is 0 Å². The smallest absolute Gasteiger partial charge is 0.305 e. The molecule has 318 valence electrons. The molecule has 0 aliphatic carbocycles. The monoisotopic (exact) mass is 762 g/mol. The maximum absolute atomic E-state index is 12.4. The van der Waals surface area contributed by atoms with Gasteiger partial charge in [0.1, 0.15) is 0 Å². The molecule has 0 bridgehead atoms. The minimum Gasteiger partial charge on any atom is -0.466 e. The molecule has 6 heteroatoms. The van der Waals surface area contributed by atoms with Gasteiger partial charge in [-0.1, -0.05) is 199 Å². The Morgan fingerprint density at radius 1 is 0.500 bits per heavy atom. The molecule has 0 spiro atoms. The predicted molar refractivity (Wildman–Crippen MR) is 232 cm³/mol. The summed E-state index contributed by atoms with van der Waals surface area (Å²) in [6.07, 6.45) is 50.2. The molecule has 0 aromatic rings. The van der Waals surface area contributed by atoms with E-state index in [2.05, 4.69) is 31.3 Å². The third kappa shape index (κ3) is 40.0. The zero-order valence-corrected chi connectivity index (χ0v) is 36.0. The SMILES string of the molecule is CCCCC/C=C\CCCCCCCC(=O)OCCCCCCCCCCCC(=O)NC(CO)C(O)/C=C/CCCCCCCCCCCCCCCC. The molecule has 6 nitrogen and oxygen atoms in total. The van der Waals surface area contributed by atoms with Gasteiger partial charge in [0.15, 0.2) is 0 Å². The molecule has 0 fully saturated rings. The summed E-state index contributed by atoms with van der Waals surface area (Å²) in [6, 6.07) is -0.647. The Morgan fingerprint density at radius 3 is 1.35 bits per heavy atom. The molecular weight excluding hydrogens is 671 g/mol. The van der Waals surface area contributed by atoms with E-state index in [4.69, 9.17) is 4.74 Å². The molecule has 0 saturated carbocycles. The van der Waals surface area contributed by atoms with E-state index in [0.29, 0.717) is 19.4 Å². The topological polar surface area (TPSA) is 95.9 Å². The van der Waals surface area contributed by atoms with E-state index in [1.54, 1.807) is 6.08 Å². The fourth-order valence-corrected chi connectivity index (χ4v) is 7.04. The van der Waals surface area contributed by atoms with Gasteiger partial charge in [-0.15, -0.1) is 0 Å². The number of ether oxygens (including phenoxy) is 1. The lowest BCUT2D eigenvalue weighted by Gasteiger charge is -2.20. The number of hydrogen-bond acceptors (Lipinski definition) is 5. The fourth-order valence-electron chi connectivity index (χ4n) is 7.04. The van der Waals surface area contributed by atoms with E-state index in [1.807, 2.05) is 6.08 Å². The van der Waals surface area contributed by atoms with Crippen LogP contribution in [0.15, 0.2) is 24.3 Å². The zero-order valence-electron chi connectivity index (χ0n) is 36.0. The van der Waals surface area contributed by atoms with Gasteiger partial charge in [-0.2, -0.15) is 0 Å². The Labute approximate surface area is 335 Å². The molecule has 1 amide bonds. The Balaban J connectivity index is 3.56. The summed E-state index contributed by atoms with van der Waals surface area (Å²) < 4.78 is 5.42. The van der Waals surface area contributed by atoms with Crippen LogP contribution in [0.3, 0.4) is 0 Å². The molecule has 0 aliphatic heterocycles. The molecule has 0 aromatic heterocycles. The van der Waals surface area contributed by atoms with Crippen molar-refractivity contribution in [1.29, 1.82) is 0 Å². The van der Waals surface area contributed by atoms with E-state index < -0.39 is 12.1 Å². The minimum absolute atomic E-state index is 0.0378. The average molecular weight is 762 g/mol. The average Bonchev–Trinajstić information content (AvgIpc) is 3.17. The maximum Gasteiger partial charge on any atom is 0.305 e. The van der Waals surface area contributed by atoms with E-state index in [0.717, 1.165) is 57.8 Å². The highest BCUT2D eigenvalue weighted by Crippen LogP contribution is 2.15. The number of aliphatic hydroxyl groups excluding tert-OH is 2. The number of carbonyl (C=O) groups is 2. The van der Waals surface area contributed by atoms with Crippen molar-refractivity contribution in [1.82, 2.24) is 5.32 Å². The second-order valence-corrected chi connectivity index (χ2v) is 16.1. The van der Waals surface area contributed by atoms with Gasteiger partial charge in [0.2, 0.25) is 5.91 Å². The normalized spacial score (nSPS) is 12.9. The maximum atomic E-state index is 12.4. The lowest BCUT2D eigenvalue weighted by atomic mass is 10.0. The van der Waals surface area contributed by atoms with E-state index >= 15 is 0 Å². The molecule has 54 heavy (non-hydrogen) atoms. The first-order chi connectivity index (χ1) is 26.5. The van der Waals surface area contributed by atoms with Crippen LogP contribution in [0.5, 0.6) is 0 Å². The second kappa shape index (κ2) is 44.1. The summed E-state index contributed by atoms with van der Waals surface area (Å²) in [5, 5.41) is 23.0. The number of unbranched alkanes of at least 4 members (excludes halogenated alkanes) is 30. The summed E-state index contributed by atoms with van der Waals surface area (Å²) in [4.78, 5) is 24.4. The summed E-state index contributed by atoms with van der Waals surface area (Å²) in [7, 11) is 0. The number of amides is 1. The van der Waals surface area contributed by atoms with Crippen molar-refractivity contribution in [2.45, 2.75) is 257 Å². The Bertz CT molecular complexity index is 843. The number of hydrogen-bond donors (Lipinski definition) is 3. The van der Waals surface area contributed by atoms with Crippen LogP contribution in [0.25, 0.3) is 0 Å². The highest BCUT2D eigenvalue weighted by Gasteiger charge is 2.18. The first-order valence-electron chi connectivity index (χ1n) is 23.6.